The molecule has 0 radical (unpaired) electrons. The molecule has 2 rings (SSSR count). The van der Waals surface area contributed by atoms with Crippen molar-refractivity contribution in [1.29, 1.82) is 0 Å². The number of hydrogen-bond donors (Lipinski definition) is 1. The number of benzene rings is 2. The van der Waals surface area contributed by atoms with E-state index in [0.717, 1.165) is 27.0 Å². The van der Waals surface area contributed by atoms with Gasteiger partial charge in [0, 0.05) is 15.7 Å². The van der Waals surface area contributed by atoms with E-state index in [1.807, 2.05) is 31.2 Å². The van der Waals surface area contributed by atoms with Crippen molar-refractivity contribution in [3.63, 3.8) is 0 Å². The van der Waals surface area contributed by atoms with E-state index in [4.69, 9.17) is 10.5 Å². The molecule has 2 aromatic rings. The molecule has 0 aliphatic carbocycles. The Morgan fingerprint density at radius 2 is 1.89 bits per heavy atom. The van der Waals surface area contributed by atoms with Crippen molar-refractivity contribution in [3.05, 3.63) is 57.6 Å². The first-order valence-corrected chi connectivity index (χ1v) is 6.59. The summed E-state index contributed by atoms with van der Waals surface area (Å²) in [6.45, 7) is 4.59. The summed E-state index contributed by atoms with van der Waals surface area (Å²) in [5.74, 6) is 0.914. The molecule has 0 aromatic heterocycles. The predicted molar refractivity (Wildman–Crippen MR) is 78.8 cm³/mol. The SMILES string of the molecule is Cc1ccc(C)c(OCc2ccc(Br)cc2N)c1. The van der Waals surface area contributed by atoms with Crippen LogP contribution in [-0.4, -0.2) is 0 Å². The van der Waals surface area contributed by atoms with Crippen LogP contribution >= 0.6 is 15.9 Å². The summed E-state index contributed by atoms with van der Waals surface area (Å²) in [4.78, 5) is 0. The highest BCUT2D eigenvalue weighted by Gasteiger charge is 2.03. The minimum Gasteiger partial charge on any atom is -0.489 e. The van der Waals surface area contributed by atoms with Gasteiger partial charge in [0.15, 0.2) is 0 Å². The van der Waals surface area contributed by atoms with E-state index in [-0.39, 0.29) is 0 Å². The second-order valence-electron chi connectivity index (χ2n) is 4.40. The molecule has 0 amide bonds. The van der Waals surface area contributed by atoms with Crippen LogP contribution in [0.25, 0.3) is 0 Å². The van der Waals surface area contributed by atoms with Crippen molar-refractivity contribution in [3.8, 4) is 5.75 Å². The van der Waals surface area contributed by atoms with E-state index in [1.165, 1.54) is 5.56 Å². The Morgan fingerprint density at radius 1 is 1.11 bits per heavy atom. The third-order valence-electron chi connectivity index (χ3n) is 2.83. The normalized spacial score (nSPS) is 10.4. The first kappa shape index (κ1) is 13.0. The van der Waals surface area contributed by atoms with E-state index in [9.17, 15) is 0 Å². The largest absolute Gasteiger partial charge is 0.489 e. The van der Waals surface area contributed by atoms with E-state index in [0.29, 0.717) is 6.61 Å². The molecule has 2 nitrogen and oxygen atoms in total. The van der Waals surface area contributed by atoms with Crippen molar-refractivity contribution < 1.29 is 4.74 Å². The van der Waals surface area contributed by atoms with Gasteiger partial charge in [0.2, 0.25) is 0 Å². The smallest absolute Gasteiger partial charge is 0.122 e. The molecular formula is C15H16BrNO. The van der Waals surface area contributed by atoms with Crippen molar-refractivity contribution in [1.82, 2.24) is 0 Å². The van der Waals surface area contributed by atoms with Crippen LogP contribution in [-0.2, 0) is 6.61 Å². The number of aryl methyl sites for hydroxylation is 2. The van der Waals surface area contributed by atoms with Gasteiger partial charge in [-0.1, -0.05) is 34.1 Å². The predicted octanol–water partition coefficient (Wildman–Crippen LogP) is 4.23. The van der Waals surface area contributed by atoms with Crippen LogP contribution in [0.5, 0.6) is 5.75 Å². The fraction of sp³-hybridized carbons (Fsp3) is 0.200. The van der Waals surface area contributed by atoms with Gasteiger partial charge in [0.05, 0.1) is 0 Å². The van der Waals surface area contributed by atoms with E-state index in [2.05, 4.69) is 35.0 Å². The second kappa shape index (κ2) is 5.44. The molecule has 0 heterocycles. The monoisotopic (exact) mass is 305 g/mol. The molecule has 2 N–H and O–H groups in total. The lowest BCUT2D eigenvalue weighted by Crippen LogP contribution is -2.01. The summed E-state index contributed by atoms with van der Waals surface area (Å²) in [7, 11) is 0. The van der Waals surface area contributed by atoms with Crippen molar-refractivity contribution >= 4 is 21.6 Å². The van der Waals surface area contributed by atoms with Crippen LogP contribution in [0, 0.1) is 13.8 Å². The Kier molecular flexibility index (Phi) is 3.92. The van der Waals surface area contributed by atoms with Crippen molar-refractivity contribution in [2.24, 2.45) is 0 Å². The first-order valence-electron chi connectivity index (χ1n) is 5.80. The molecular weight excluding hydrogens is 290 g/mol. The summed E-state index contributed by atoms with van der Waals surface area (Å²) in [6.07, 6.45) is 0. The zero-order valence-corrected chi connectivity index (χ0v) is 12.1. The second-order valence-corrected chi connectivity index (χ2v) is 5.32. The van der Waals surface area contributed by atoms with E-state index in [1.54, 1.807) is 0 Å². The number of rotatable bonds is 3. The molecule has 0 aliphatic heterocycles. The highest BCUT2D eigenvalue weighted by Crippen LogP contribution is 2.23. The molecule has 0 atom stereocenters. The average molecular weight is 306 g/mol. The molecule has 0 saturated heterocycles. The lowest BCUT2D eigenvalue weighted by atomic mass is 10.1. The third kappa shape index (κ3) is 3.05. The van der Waals surface area contributed by atoms with Crippen LogP contribution in [0.4, 0.5) is 5.69 Å². The zero-order chi connectivity index (χ0) is 13.1. The summed E-state index contributed by atoms with van der Waals surface area (Å²) >= 11 is 3.39. The summed E-state index contributed by atoms with van der Waals surface area (Å²) < 4.78 is 6.81. The van der Waals surface area contributed by atoms with Gasteiger partial charge in [0.25, 0.3) is 0 Å². The number of ether oxygens (including phenoxy) is 1. The summed E-state index contributed by atoms with van der Waals surface area (Å²) in [5, 5.41) is 0. The molecule has 3 heteroatoms. The Hall–Kier alpha value is -1.48. The average Bonchev–Trinajstić information content (AvgIpc) is 2.32. The topological polar surface area (TPSA) is 35.2 Å². The van der Waals surface area contributed by atoms with Gasteiger partial charge in [0.1, 0.15) is 12.4 Å². The molecule has 0 spiro atoms. The van der Waals surface area contributed by atoms with Crippen LogP contribution in [0.1, 0.15) is 16.7 Å². The molecule has 0 saturated carbocycles. The Balaban J connectivity index is 2.13. The van der Waals surface area contributed by atoms with Crippen LogP contribution < -0.4 is 10.5 Å². The van der Waals surface area contributed by atoms with Crippen LogP contribution in [0.2, 0.25) is 0 Å². The minimum absolute atomic E-state index is 0.489. The molecule has 0 unspecified atom stereocenters. The van der Waals surface area contributed by atoms with Gasteiger partial charge in [-0.15, -0.1) is 0 Å². The molecule has 94 valence electrons. The molecule has 0 bridgehead atoms. The quantitative estimate of drug-likeness (QED) is 0.861. The van der Waals surface area contributed by atoms with Gasteiger partial charge in [-0.05, 0) is 43.2 Å². The maximum atomic E-state index is 5.94. The van der Waals surface area contributed by atoms with Gasteiger partial charge >= 0.3 is 0 Å². The maximum absolute atomic E-state index is 5.94. The Morgan fingerprint density at radius 3 is 2.61 bits per heavy atom. The first-order chi connectivity index (χ1) is 8.56. The van der Waals surface area contributed by atoms with E-state index < -0.39 is 0 Å². The Bertz CT molecular complexity index is 566. The number of anilines is 1. The van der Waals surface area contributed by atoms with Gasteiger partial charge in [-0.2, -0.15) is 0 Å². The maximum Gasteiger partial charge on any atom is 0.122 e. The van der Waals surface area contributed by atoms with E-state index >= 15 is 0 Å². The van der Waals surface area contributed by atoms with Gasteiger partial charge < -0.3 is 10.5 Å². The highest BCUT2D eigenvalue weighted by atomic mass is 79.9. The van der Waals surface area contributed by atoms with Crippen molar-refractivity contribution in [2.45, 2.75) is 20.5 Å². The summed E-state index contributed by atoms with van der Waals surface area (Å²) in [5.41, 5.74) is 10.0. The van der Waals surface area contributed by atoms with Crippen LogP contribution in [0.15, 0.2) is 40.9 Å². The molecule has 0 fully saturated rings. The highest BCUT2D eigenvalue weighted by molar-refractivity contribution is 9.10. The van der Waals surface area contributed by atoms with Gasteiger partial charge in [-0.3, -0.25) is 0 Å². The lowest BCUT2D eigenvalue weighted by molar-refractivity contribution is 0.304. The molecule has 2 aromatic carbocycles. The van der Waals surface area contributed by atoms with Crippen molar-refractivity contribution in [2.75, 3.05) is 5.73 Å². The van der Waals surface area contributed by atoms with Crippen LogP contribution in [0.3, 0.4) is 0 Å². The molecule has 0 aliphatic rings. The number of halogens is 1. The fourth-order valence-electron chi connectivity index (χ4n) is 1.72. The number of hydrogen-bond acceptors (Lipinski definition) is 2. The lowest BCUT2D eigenvalue weighted by Gasteiger charge is -2.11. The standard InChI is InChI=1S/C15H16BrNO/c1-10-3-4-11(2)15(7-10)18-9-12-5-6-13(16)8-14(12)17/h3-8H,9,17H2,1-2H3. The molecule has 18 heavy (non-hydrogen) atoms. The van der Waals surface area contributed by atoms with Gasteiger partial charge in [-0.25, -0.2) is 0 Å². The third-order valence-corrected chi connectivity index (χ3v) is 3.33. The zero-order valence-electron chi connectivity index (χ0n) is 10.5. The minimum atomic E-state index is 0.489. The summed E-state index contributed by atoms with van der Waals surface area (Å²) in [6, 6.07) is 12.0. The number of nitrogens with two attached hydrogens (primary N) is 1. The fourth-order valence-corrected chi connectivity index (χ4v) is 2.09. The Labute approximate surface area is 116 Å². The number of nitrogen functional groups attached to an aromatic ring is 1.